The summed E-state index contributed by atoms with van der Waals surface area (Å²) in [4.78, 5) is 0. The molecule has 0 heterocycles. The lowest BCUT2D eigenvalue weighted by Crippen LogP contribution is -2.08. The molecule has 0 radical (unpaired) electrons. The molecule has 0 saturated heterocycles. The van der Waals surface area contributed by atoms with Gasteiger partial charge in [0.2, 0.25) is 0 Å². The molecule has 4 heteroatoms. The Morgan fingerprint density at radius 2 is 2.27 bits per heavy atom. The van der Waals surface area contributed by atoms with Crippen molar-refractivity contribution in [1.29, 1.82) is 0 Å². The third-order valence-corrected chi connectivity index (χ3v) is 2.39. The van der Waals surface area contributed by atoms with E-state index >= 15 is 0 Å². The van der Waals surface area contributed by atoms with E-state index in [1.807, 2.05) is 25.2 Å². The molecule has 0 bridgehead atoms. The SMILES string of the molecule is CNCc1c(Cl)cccc1OC/C=C/Cl. The third kappa shape index (κ3) is 3.74. The first-order valence-corrected chi connectivity index (χ1v) is 5.41. The van der Waals surface area contributed by atoms with E-state index in [0.717, 1.165) is 11.3 Å². The summed E-state index contributed by atoms with van der Waals surface area (Å²) in [6.07, 6.45) is 1.73. The highest BCUT2D eigenvalue weighted by molar-refractivity contribution is 6.31. The number of rotatable bonds is 5. The van der Waals surface area contributed by atoms with Crippen LogP contribution in [0.15, 0.2) is 29.8 Å². The topological polar surface area (TPSA) is 21.3 Å². The quantitative estimate of drug-likeness (QED) is 0.861. The fraction of sp³-hybridized carbons (Fsp3) is 0.273. The minimum absolute atomic E-state index is 0.445. The molecule has 0 saturated carbocycles. The minimum Gasteiger partial charge on any atom is -0.489 e. The Morgan fingerprint density at radius 1 is 1.47 bits per heavy atom. The van der Waals surface area contributed by atoms with E-state index in [2.05, 4.69) is 5.32 Å². The van der Waals surface area contributed by atoms with Gasteiger partial charge in [-0.2, -0.15) is 0 Å². The predicted molar refractivity (Wildman–Crippen MR) is 64.7 cm³/mol. The van der Waals surface area contributed by atoms with Crippen LogP contribution in [0.5, 0.6) is 5.75 Å². The molecule has 0 atom stereocenters. The van der Waals surface area contributed by atoms with Crippen molar-refractivity contribution in [3.05, 3.63) is 40.4 Å². The van der Waals surface area contributed by atoms with Crippen LogP contribution < -0.4 is 10.1 Å². The predicted octanol–water partition coefficient (Wildman–Crippen LogP) is 3.19. The lowest BCUT2D eigenvalue weighted by Gasteiger charge is -2.11. The Kier molecular flexibility index (Phi) is 5.54. The van der Waals surface area contributed by atoms with Gasteiger partial charge in [-0.25, -0.2) is 0 Å². The Balaban J connectivity index is 2.80. The summed E-state index contributed by atoms with van der Waals surface area (Å²) < 4.78 is 5.52. The molecular formula is C11H13Cl2NO. The average molecular weight is 246 g/mol. The number of ether oxygens (including phenoxy) is 1. The van der Waals surface area contributed by atoms with Crippen LogP contribution in [0.1, 0.15) is 5.56 Å². The fourth-order valence-electron chi connectivity index (χ4n) is 1.20. The van der Waals surface area contributed by atoms with Gasteiger partial charge >= 0.3 is 0 Å². The Hall–Kier alpha value is -0.700. The number of hydrogen-bond donors (Lipinski definition) is 1. The van der Waals surface area contributed by atoms with Crippen molar-refractivity contribution >= 4 is 23.2 Å². The zero-order valence-electron chi connectivity index (χ0n) is 8.47. The zero-order chi connectivity index (χ0) is 11.1. The molecule has 0 aliphatic carbocycles. The van der Waals surface area contributed by atoms with Crippen molar-refractivity contribution in [3.63, 3.8) is 0 Å². The first-order valence-electron chi connectivity index (χ1n) is 4.59. The minimum atomic E-state index is 0.445. The van der Waals surface area contributed by atoms with Crippen LogP contribution in [0.3, 0.4) is 0 Å². The van der Waals surface area contributed by atoms with E-state index < -0.39 is 0 Å². The summed E-state index contributed by atoms with van der Waals surface area (Å²) in [5.74, 6) is 0.784. The lowest BCUT2D eigenvalue weighted by molar-refractivity contribution is 0.358. The lowest BCUT2D eigenvalue weighted by atomic mass is 10.2. The van der Waals surface area contributed by atoms with E-state index in [4.69, 9.17) is 27.9 Å². The van der Waals surface area contributed by atoms with E-state index in [0.29, 0.717) is 18.2 Å². The van der Waals surface area contributed by atoms with Crippen molar-refractivity contribution in [2.24, 2.45) is 0 Å². The van der Waals surface area contributed by atoms with Crippen molar-refractivity contribution in [1.82, 2.24) is 5.32 Å². The maximum Gasteiger partial charge on any atom is 0.125 e. The Bertz CT molecular complexity index is 339. The van der Waals surface area contributed by atoms with E-state index in [9.17, 15) is 0 Å². The molecule has 0 spiro atoms. The van der Waals surface area contributed by atoms with Crippen LogP contribution in [0, 0.1) is 0 Å². The van der Waals surface area contributed by atoms with Gasteiger partial charge in [-0.3, -0.25) is 0 Å². The van der Waals surface area contributed by atoms with Crippen molar-refractivity contribution in [2.75, 3.05) is 13.7 Å². The highest BCUT2D eigenvalue weighted by Gasteiger charge is 2.06. The third-order valence-electron chi connectivity index (χ3n) is 1.85. The van der Waals surface area contributed by atoms with Gasteiger partial charge < -0.3 is 10.1 Å². The number of nitrogens with one attached hydrogen (secondary N) is 1. The fourth-order valence-corrected chi connectivity index (χ4v) is 1.50. The van der Waals surface area contributed by atoms with E-state index in [-0.39, 0.29) is 0 Å². The summed E-state index contributed by atoms with van der Waals surface area (Å²) in [7, 11) is 1.87. The summed E-state index contributed by atoms with van der Waals surface area (Å²) >= 11 is 11.5. The highest BCUT2D eigenvalue weighted by Crippen LogP contribution is 2.26. The second-order valence-corrected chi connectivity index (χ2v) is 3.58. The monoisotopic (exact) mass is 245 g/mol. The van der Waals surface area contributed by atoms with Gasteiger partial charge in [-0.05, 0) is 25.3 Å². The van der Waals surface area contributed by atoms with Gasteiger partial charge in [0.1, 0.15) is 12.4 Å². The number of halogens is 2. The van der Waals surface area contributed by atoms with Gasteiger partial charge in [0.25, 0.3) is 0 Å². The van der Waals surface area contributed by atoms with E-state index in [1.54, 1.807) is 6.08 Å². The van der Waals surface area contributed by atoms with Gasteiger partial charge in [0.05, 0.1) is 0 Å². The van der Waals surface area contributed by atoms with Crippen LogP contribution in [-0.2, 0) is 6.54 Å². The zero-order valence-corrected chi connectivity index (χ0v) is 9.98. The smallest absolute Gasteiger partial charge is 0.125 e. The van der Waals surface area contributed by atoms with Crippen molar-refractivity contribution in [3.8, 4) is 5.75 Å². The molecule has 0 amide bonds. The van der Waals surface area contributed by atoms with Crippen LogP contribution in [-0.4, -0.2) is 13.7 Å². The molecule has 1 aromatic rings. The largest absolute Gasteiger partial charge is 0.489 e. The molecule has 82 valence electrons. The second-order valence-electron chi connectivity index (χ2n) is 2.92. The molecule has 1 rings (SSSR count). The molecule has 0 fully saturated rings. The number of hydrogen-bond acceptors (Lipinski definition) is 2. The van der Waals surface area contributed by atoms with Gasteiger partial charge in [-0.15, -0.1) is 0 Å². The average Bonchev–Trinajstić information content (AvgIpc) is 2.23. The van der Waals surface area contributed by atoms with E-state index in [1.165, 1.54) is 5.54 Å². The Labute approximate surface area is 99.8 Å². The maximum atomic E-state index is 6.06. The first-order chi connectivity index (χ1) is 7.29. The number of benzene rings is 1. The second kappa shape index (κ2) is 6.72. The summed E-state index contributed by atoms with van der Waals surface area (Å²) in [6, 6.07) is 5.60. The summed E-state index contributed by atoms with van der Waals surface area (Å²) in [6.45, 7) is 1.13. The van der Waals surface area contributed by atoms with Crippen molar-refractivity contribution < 1.29 is 4.74 Å². The summed E-state index contributed by atoms with van der Waals surface area (Å²) in [5, 5.41) is 3.75. The van der Waals surface area contributed by atoms with Gasteiger partial charge in [-0.1, -0.05) is 29.3 Å². The molecule has 0 aliphatic rings. The van der Waals surface area contributed by atoms with Crippen LogP contribution in [0.4, 0.5) is 0 Å². The highest BCUT2D eigenvalue weighted by atomic mass is 35.5. The first kappa shape index (κ1) is 12.4. The van der Waals surface area contributed by atoms with Crippen LogP contribution in [0.2, 0.25) is 5.02 Å². The van der Waals surface area contributed by atoms with Crippen LogP contribution in [0.25, 0.3) is 0 Å². The van der Waals surface area contributed by atoms with Gasteiger partial charge in [0, 0.05) is 22.7 Å². The summed E-state index contributed by atoms with van der Waals surface area (Å²) in [5.41, 5.74) is 2.40. The molecule has 0 unspecified atom stereocenters. The molecule has 2 nitrogen and oxygen atoms in total. The van der Waals surface area contributed by atoms with Crippen molar-refractivity contribution in [2.45, 2.75) is 6.54 Å². The normalized spacial score (nSPS) is 10.9. The molecule has 1 aromatic carbocycles. The molecule has 0 aromatic heterocycles. The molecule has 15 heavy (non-hydrogen) atoms. The standard InChI is InChI=1S/C11H13Cl2NO/c1-14-8-9-10(13)4-2-5-11(9)15-7-3-6-12/h2-6,14H,7-8H2,1H3/b6-3+. The van der Waals surface area contributed by atoms with Gasteiger partial charge in [0.15, 0.2) is 0 Å². The molecule has 0 aliphatic heterocycles. The maximum absolute atomic E-state index is 6.06. The molecule has 1 N–H and O–H groups in total. The van der Waals surface area contributed by atoms with Crippen LogP contribution >= 0.6 is 23.2 Å². The molecular weight excluding hydrogens is 233 g/mol. The Morgan fingerprint density at radius 3 is 2.93 bits per heavy atom.